The summed E-state index contributed by atoms with van der Waals surface area (Å²) in [6, 6.07) is 4.67. The monoisotopic (exact) mass is 560 g/mol. The number of ether oxygens (including phenoxy) is 1. The highest BCUT2D eigenvalue weighted by Gasteiger charge is 2.37. The summed E-state index contributed by atoms with van der Waals surface area (Å²) in [5.74, 6) is -2.74. The van der Waals surface area contributed by atoms with Crippen LogP contribution in [0.25, 0.3) is 5.69 Å². The molecule has 13 nitrogen and oxygen atoms in total. The number of hydrogen-bond donors (Lipinski definition) is 5. The van der Waals surface area contributed by atoms with Crippen molar-refractivity contribution >= 4 is 47.1 Å². The number of aliphatic carboxylic acids is 2. The molecule has 0 bridgehead atoms. The molecule has 2 heterocycles. The van der Waals surface area contributed by atoms with Crippen molar-refractivity contribution in [3.05, 3.63) is 65.7 Å². The lowest BCUT2D eigenvalue weighted by Crippen LogP contribution is -2.38. The summed E-state index contributed by atoms with van der Waals surface area (Å²) >= 11 is 0. The zero-order valence-corrected chi connectivity index (χ0v) is 20.0. The van der Waals surface area contributed by atoms with Crippen LogP contribution in [0.5, 0.6) is 0 Å². The first-order valence-electron chi connectivity index (χ1n) is 11.2. The van der Waals surface area contributed by atoms with Gasteiger partial charge in [0.1, 0.15) is 25.0 Å². The summed E-state index contributed by atoms with van der Waals surface area (Å²) < 4.78 is 47.7. The van der Waals surface area contributed by atoms with Crippen LogP contribution in [0.2, 0.25) is 0 Å². The smallest absolute Gasteiger partial charge is 0.418 e. The molecule has 0 saturated heterocycles. The Hall–Kier alpha value is -5.25. The van der Waals surface area contributed by atoms with Gasteiger partial charge in [0.2, 0.25) is 0 Å². The Labute approximate surface area is 222 Å². The van der Waals surface area contributed by atoms with Gasteiger partial charge < -0.3 is 35.4 Å². The number of aliphatic imine (C=N–C) groups is 1. The molecule has 2 unspecified atom stereocenters. The van der Waals surface area contributed by atoms with E-state index in [0.29, 0.717) is 11.6 Å². The van der Waals surface area contributed by atoms with E-state index in [0.717, 1.165) is 17.0 Å². The van der Waals surface area contributed by atoms with Gasteiger partial charge in [-0.05, 0) is 29.8 Å². The number of imidazole rings is 1. The molecule has 1 aliphatic heterocycles. The second kappa shape index (κ2) is 10.9. The SMILES string of the molecule is NC(C(=O)O)c1ccc(NC(=O)OCc2cn(-c3cc4c(cc3C(F)(F)F)NC(C=O)C(C(=O)O)=N4)cn2)cc1. The number of carbonyl (C=O) groups excluding carboxylic acids is 2. The van der Waals surface area contributed by atoms with Crippen molar-refractivity contribution in [1.29, 1.82) is 0 Å². The molecule has 0 spiro atoms. The van der Waals surface area contributed by atoms with Crippen LogP contribution in [0.4, 0.5) is 35.0 Å². The predicted octanol–water partition coefficient (Wildman–Crippen LogP) is 2.87. The summed E-state index contributed by atoms with van der Waals surface area (Å²) in [5, 5.41) is 23.1. The Morgan fingerprint density at radius 2 is 1.90 bits per heavy atom. The standard InChI is InChI=1S/C24H19F3N6O7/c25-24(26,27)14-5-15-16(32-20(22(37)38)17(8-34)31-15)6-18(14)33-7-13(29-10-33)9-40-23(39)30-12-3-1-11(2-4-12)19(28)21(35)36/h1-8,10,17,19,31H,9,28H2,(H,30,39)(H,35,36)(H,37,38). The largest absolute Gasteiger partial charge is 0.480 e. The number of benzene rings is 2. The highest BCUT2D eigenvalue weighted by molar-refractivity contribution is 6.42. The summed E-state index contributed by atoms with van der Waals surface area (Å²) in [6.45, 7) is -0.420. The number of aromatic nitrogens is 2. The van der Waals surface area contributed by atoms with Gasteiger partial charge >= 0.3 is 24.2 Å². The first-order valence-corrected chi connectivity index (χ1v) is 11.2. The van der Waals surface area contributed by atoms with Crippen LogP contribution in [0.15, 0.2) is 53.9 Å². The van der Waals surface area contributed by atoms with E-state index < -0.39 is 59.9 Å². The van der Waals surface area contributed by atoms with Gasteiger partial charge in [-0.25, -0.2) is 19.6 Å². The van der Waals surface area contributed by atoms with E-state index in [-0.39, 0.29) is 29.0 Å². The first kappa shape index (κ1) is 27.8. The zero-order valence-electron chi connectivity index (χ0n) is 20.0. The van der Waals surface area contributed by atoms with Gasteiger partial charge in [-0.15, -0.1) is 0 Å². The third-order valence-corrected chi connectivity index (χ3v) is 5.67. The molecule has 0 saturated carbocycles. The number of rotatable bonds is 8. The van der Waals surface area contributed by atoms with Gasteiger partial charge in [0.15, 0.2) is 5.71 Å². The van der Waals surface area contributed by atoms with Crippen LogP contribution in [0, 0.1) is 0 Å². The van der Waals surface area contributed by atoms with E-state index >= 15 is 0 Å². The molecule has 0 radical (unpaired) electrons. The van der Waals surface area contributed by atoms with Crippen molar-refractivity contribution in [3.8, 4) is 5.69 Å². The molecule has 4 rings (SSSR count). The first-order chi connectivity index (χ1) is 18.9. The van der Waals surface area contributed by atoms with Crippen LogP contribution in [0.3, 0.4) is 0 Å². The number of fused-ring (bicyclic) bond motifs is 1. The number of amides is 1. The number of halogens is 3. The van der Waals surface area contributed by atoms with Crippen LogP contribution in [0.1, 0.15) is 22.9 Å². The second-order valence-electron chi connectivity index (χ2n) is 8.36. The minimum atomic E-state index is -4.84. The van der Waals surface area contributed by atoms with E-state index in [1.165, 1.54) is 30.5 Å². The number of nitrogens with zero attached hydrogens (tertiary/aromatic N) is 3. The normalized spacial score (nSPS) is 15.2. The van der Waals surface area contributed by atoms with Crippen molar-refractivity contribution in [2.75, 3.05) is 10.6 Å². The molecule has 0 fully saturated rings. The summed E-state index contributed by atoms with van der Waals surface area (Å²) in [4.78, 5) is 53.5. The fourth-order valence-electron chi connectivity index (χ4n) is 3.72. The van der Waals surface area contributed by atoms with Crippen molar-refractivity contribution in [2.45, 2.75) is 24.9 Å². The van der Waals surface area contributed by atoms with E-state index in [1.807, 2.05) is 0 Å². The summed E-state index contributed by atoms with van der Waals surface area (Å²) in [5.41, 5.74) is 3.71. The Bertz CT molecular complexity index is 1520. The molecule has 208 valence electrons. The number of carbonyl (C=O) groups is 4. The van der Waals surface area contributed by atoms with Crippen molar-refractivity contribution < 1.29 is 47.3 Å². The molecule has 6 N–H and O–H groups in total. The molecule has 16 heteroatoms. The van der Waals surface area contributed by atoms with E-state index in [1.54, 1.807) is 0 Å². The fraction of sp³-hybridized carbons (Fsp3) is 0.167. The fourth-order valence-corrected chi connectivity index (χ4v) is 3.72. The molecule has 2 atom stereocenters. The van der Waals surface area contributed by atoms with Gasteiger partial charge in [0.25, 0.3) is 0 Å². The zero-order chi connectivity index (χ0) is 29.2. The summed E-state index contributed by atoms with van der Waals surface area (Å²) in [6.07, 6.45) is -3.31. The number of nitrogens with two attached hydrogens (primary N) is 1. The maximum atomic E-state index is 13.9. The predicted molar refractivity (Wildman–Crippen MR) is 132 cm³/mol. The molecule has 1 amide bonds. The second-order valence-corrected chi connectivity index (χ2v) is 8.36. The maximum absolute atomic E-state index is 13.9. The lowest BCUT2D eigenvalue weighted by Gasteiger charge is -2.24. The lowest BCUT2D eigenvalue weighted by atomic mass is 10.0. The van der Waals surface area contributed by atoms with E-state index in [2.05, 4.69) is 20.6 Å². The highest BCUT2D eigenvalue weighted by atomic mass is 19.4. The number of aldehydes is 1. The average Bonchev–Trinajstić information content (AvgIpc) is 3.38. The topological polar surface area (TPSA) is 198 Å². The molecule has 0 aliphatic carbocycles. The number of carboxylic acid groups (broad SMARTS) is 2. The number of alkyl halides is 3. The quantitative estimate of drug-likeness (QED) is 0.255. The number of hydrogen-bond acceptors (Lipinski definition) is 9. The van der Waals surface area contributed by atoms with Gasteiger partial charge in [0, 0.05) is 11.9 Å². The Balaban J connectivity index is 1.51. The van der Waals surface area contributed by atoms with Gasteiger partial charge in [-0.2, -0.15) is 13.2 Å². The molecule has 40 heavy (non-hydrogen) atoms. The average molecular weight is 560 g/mol. The number of anilines is 2. The lowest BCUT2D eigenvalue weighted by molar-refractivity contribution is -0.139. The Kier molecular flexibility index (Phi) is 7.54. The van der Waals surface area contributed by atoms with Crippen LogP contribution in [-0.4, -0.2) is 55.8 Å². The third kappa shape index (κ3) is 5.91. The minimum absolute atomic E-state index is 0.0812. The number of carboxylic acids is 2. The van der Waals surface area contributed by atoms with Crippen molar-refractivity contribution in [3.63, 3.8) is 0 Å². The van der Waals surface area contributed by atoms with Gasteiger partial charge in [-0.1, -0.05) is 12.1 Å². The third-order valence-electron chi connectivity index (χ3n) is 5.67. The van der Waals surface area contributed by atoms with E-state index in [4.69, 9.17) is 15.6 Å². The van der Waals surface area contributed by atoms with Crippen molar-refractivity contribution in [1.82, 2.24) is 9.55 Å². The molecule has 1 aromatic heterocycles. The maximum Gasteiger partial charge on any atom is 0.418 e. The van der Waals surface area contributed by atoms with Gasteiger partial charge in [-0.3, -0.25) is 10.1 Å². The van der Waals surface area contributed by atoms with E-state index in [9.17, 15) is 37.5 Å². The van der Waals surface area contributed by atoms with Crippen LogP contribution in [-0.2, 0) is 31.9 Å². The summed E-state index contributed by atoms with van der Waals surface area (Å²) in [7, 11) is 0. The Morgan fingerprint density at radius 3 is 2.50 bits per heavy atom. The van der Waals surface area contributed by atoms with Gasteiger partial charge in [0.05, 0.1) is 34.6 Å². The van der Waals surface area contributed by atoms with Crippen LogP contribution >= 0.6 is 0 Å². The molecule has 3 aromatic rings. The minimum Gasteiger partial charge on any atom is -0.480 e. The van der Waals surface area contributed by atoms with Crippen molar-refractivity contribution in [2.24, 2.45) is 10.7 Å². The molecular formula is C24H19F3N6O7. The molecular weight excluding hydrogens is 541 g/mol. The molecule has 1 aliphatic rings. The highest BCUT2D eigenvalue weighted by Crippen LogP contribution is 2.41. The number of nitrogens with one attached hydrogen (secondary N) is 2. The molecule has 2 aromatic carbocycles. The Morgan fingerprint density at radius 1 is 1.20 bits per heavy atom. The van der Waals surface area contributed by atoms with Crippen LogP contribution < -0.4 is 16.4 Å².